The molecule has 0 aromatic carbocycles. The van der Waals surface area contributed by atoms with Crippen LogP contribution in [0.2, 0.25) is 0 Å². The lowest BCUT2D eigenvalue weighted by atomic mass is 9.90. The van der Waals surface area contributed by atoms with Crippen LogP contribution < -0.4 is 10.2 Å². The van der Waals surface area contributed by atoms with Gasteiger partial charge in [0.15, 0.2) is 5.82 Å². The summed E-state index contributed by atoms with van der Waals surface area (Å²) >= 11 is 1.41. The van der Waals surface area contributed by atoms with Gasteiger partial charge in [-0.05, 0) is 25.7 Å². The van der Waals surface area contributed by atoms with Crippen molar-refractivity contribution in [1.82, 2.24) is 15.0 Å². The lowest BCUT2D eigenvalue weighted by molar-refractivity contribution is -0.121. The number of carbonyl (C=O) groups is 1. The largest absolute Gasteiger partial charge is 0.337 e. The van der Waals surface area contributed by atoms with Crippen LogP contribution in [0.3, 0.4) is 0 Å². The Hall–Kier alpha value is -2.68. The zero-order valence-corrected chi connectivity index (χ0v) is 16.7. The minimum absolute atomic E-state index is 0.00798. The molecule has 3 N–H and O–H groups in total. The Morgan fingerprint density at radius 3 is 2.96 bits per heavy atom. The first-order valence-corrected chi connectivity index (χ1v) is 10.4. The quantitative estimate of drug-likeness (QED) is 0.647. The summed E-state index contributed by atoms with van der Waals surface area (Å²) in [5.41, 5.74) is 2.42. The first kappa shape index (κ1) is 18.7. The van der Waals surface area contributed by atoms with E-state index in [1.807, 2.05) is 6.92 Å². The molecule has 2 aliphatic heterocycles. The van der Waals surface area contributed by atoms with Gasteiger partial charge in [-0.2, -0.15) is 0 Å². The third-order valence-electron chi connectivity index (χ3n) is 5.92. The molecule has 3 unspecified atom stereocenters. The Bertz CT molecular complexity index is 928. The number of fused-ring (bicyclic) bond motifs is 3. The van der Waals surface area contributed by atoms with Crippen LogP contribution in [0.15, 0.2) is 17.1 Å². The number of aromatic nitrogens is 3. The van der Waals surface area contributed by atoms with Gasteiger partial charge in [-0.15, -0.1) is 11.3 Å². The Labute approximate surface area is 167 Å². The second kappa shape index (κ2) is 7.05. The molecule has 0 saturated carbocycles. The second-order valence-electron chi connectivity index (χ2n) is 7.21. The van der Waals surface area contributed by atoms with E-state index in [-0.39, 0.29) is 17.7 Å². The van der Waals surface area contributed by atoms with E-state index in [2.05, 4.69) is 27.1 Å². The summed E-state index contributed by atoms with van der Waals surface area (Å²) in [7, 11) is 0. The highest BCUT2D eigenvalue weighted by atomic mass is 32.1. The molecule has 9 heteroatoms. The van der Waals surface area contributed by atoms with Gasteiger partial charge in [0.2, 0.25) is 5.91 Å². The van der Waals surface area contributed by atoms with Crippen molar-refractivity contribution in [1.29, 1.82) is 10.8 Å². The molecule has 4 heterocycles. The van der Waals surface area contributed by atoms with E-state index in [0.717, 1.165) is 19.3 Å². The lowest BCUT2D eigenvalue weighted by Gasteiger charge is -2.44. The van der Waals surface area contributed by atoms with Gasteiger partial charge in [0.1, 0.15) is 17.1 Å². The van der Waals surface area contributed by atoms with Crippen LogP contribution >= 0.6 is 11.3 Å². The highest BCUT2D eigenvalue weighted by molar-refractivity contribution is 7.07. The van der Waals surface area contributed by atoms with Crippen LogP contribution in [0.1, 0.15) is 57.0 Å². The van der Waals surface area contributed by atoms with Gasteiger partial charge in [0.05, 0.1) is 29.0 Å². The maximum Gasteiger partial charge on any atom is 0.250 e. The fourth-order valence-corrected chi connectivity index (χ4v) is 4.89. The molecule has 1 amide bonds. The molecule has 2 aliphatic rings. The maximum absolute atomic E-state index is 12.9. The third kappa shape index (κ3) is 2.64. The van der Waals surface area contributed by atoms with Crippen LogP contribution in [0.25, 0.3) is 0 Å². The Balaban J connectivity index is 1.79. The van der Waals surface area contributed by atoms with Crippen molar-refractivity contribution < 1.29 is 4.79 Å². The number of rotatable bonds is 6. The van der Waals surface area contributed by atoms with Crippen LogP contribution in [-0.4, -0.2) is 44.4 Å². The van der Waals surface area contributed by atoms with Crippen molar-refractivity contribution in [2.75, 3.05) is 10.2 Å². The molecular weight excluding hydrogens is 374 g/mol. The molecule has 0 aliphatic carbocycles. The van der Waals surface area contributed by atoms with Crippen molar-refractivity contribution in [3.05, 3.63) is 28.6 Å². The molecular formula is C19H23N7OS. The minimum Gasteiger partial charge on any atom is -0.337 e. The second-order valence-corrected chi connectivity index (χ2v) is 7.93. The number of carbonyl (C=O) groups excluding carboxylic acids is 1. The fraction of sp³-hybridized carbons (Fsp3) is 0.474. The average Bonchev–Trinajstić information content (AvgIpc) is 3.37. The van der Waals surface area contributed by atoms with E-state index in [0.29, 0.717) is 29.4 Å². The van der Waals surface area contributed by atoms with Gasteiger partial charge in [0, 0.05) is 17.6 Å². The summed E-state index contributed by atoms with van der Waals surface area (Å²) in [4.78, 5) is 28.4. The van der Waals surface area contributed by atoms with E-state index in [9.17, 15) is 4.79 Å². The Morgan fingerprint density at radius 2 is 2.32 bits per heavy atom. The van der Waals surface area contributed by atoms with Gasteiger partial charge in [-0.1, -0.05) is 13.8 Å². The molecule has 4 rings (SSSR count). The highest BCUT2D eigenvalue weighted by Crippen LogP contribution is 2.47. The summed E-state index contributed by atoms with van der Waals surface area (Å²) in [5, 5.41) is 21.1. The number of nitrogens with zero attached hydrogens (tertiary/aromatic N) is 4. The average molecular weight is 398 g/mol. The first-order chi connectivity index (χ1) is 13.6. The smallest absolute Gasteiger partial charge is 0.250 e. The molecule has 1 saturated heterocycles. The van der Waals surface area contributed by atoms with E-state index < -0.39 is 11.5 Å². The molecule has 2 aromatic heterocycles. The monoisotopic (exact) mass is 397 g/mol. The van der Waals surface area contributed by atoms with Crippen LogP contribution in [0.5, 0.6) is 0 Å². The van der Waals surface area contributed by atoms with Gasteiger partial charge >= 0.3 is 0 Å². The van der Waals surface area contributed by atoms with E-state index in [1.165, 1.54) is 17.6 Å². The Morgan fingerprint density at radius 1 is 1.50 bits per heavy atom. The minimum atomic E-state index is -0.677. The molecule has 0 radical (unpaired) electrons. The number of anilines is 2. The number of hydrogen-bond donors (Lipinski definition) is 3. The molecule has 2 aromatic rings. The first-order valence-electron chi connectivity index (χ1n) is 9.51. The zero-order valence-electron chi connectivity index (χ0n) is 15.9. The zero-order chi connectivity index (χ0) is 19.9. The molecule has 1 fully saturated rings. The number of thiazole rings is 1. The van der Waals surface area contributed by atoms with Crippen molar-refractivity contribution in [2.45, 2.75) is 57.0 Å². The summed E-state index contributed by atoms with van der Waals surface area (Å²) in [6.45, 7) is 4.17. The van der Waals surface area contributed by atoms with Gasteiger partial charge < -0.3 is 21.0 Å². The molecule has 0 spiro atoms. The maximum atomic E-state index is 12.9. The van der Waals surface area contributed by atoms with E-state index in [1.54, 1.807) is 17.1 Å². The number of amides is 1. The normalized spacial score (nSPS) is 24.3. The van der Waals surface area contributed by atoms with Gasteiger partial charge in [-0.25, -0.2) is 15.0 Å². The SMILES string of the molecule is CCC1CCC2(CC)C(=O)Nc3cnc(C(C=N)C(=N)c4cscn4)nc3N12. The Kier molecular flexibility index (Phi) is 4.70. The fourth-order valence-electron chi connectivity index (χ4n) is 4.34. The van der Waals surface area contributed by atoms with Crippen molar-refractivity contribution in [3.63, 3.8) is 0 Å². The molecule has 3 atom stereocenters. The molecule has 146 valence electrons. The van der Waals surface area contributed by atoms with Crippen LogP contribution in [0.4, 0.5) is 11.5 Å². The third-order valence-corrected chi connectivity index (χ3v) is 6.51. The predicted octanol–water partition coefficient (Wildman–Crippen LogP) is 3.21. The van der Waals surface area contributed by atoms with Crippen LogP contribution in [-0.2, 0) is 4.79 Å². The number of nitrogens with one attached hydrogen (secondary N) is 3. The topological polar surface area (TPSA) is 119 Å². The lowest BCUT2D eigenvalue weighted by Crippen LogP contribution is -2.58. The summed E-state index contributed by atoms with van der Waals surface area (Å²) in [5.74, 6) is 0.417. The van der Waals surface area contributed by atoms with E-state index in [4.69, 9.17) is 15.8 Å². The summed E-state index contributed by atoms with van der Waals surface area (Å²) < 4.78 is 0. The van der Waals surface area contributed by atoms with Gasteiger partial charge in [0.25, 0.3) is 0 Å². The van der Waals surface area contributed by atoms with Crippen molar-refractivity contribution in [3.8, 4) is 0 Å². The molecule has 8 nitrogen and oxygen atoms in total. The van der Waals surface area contributed by atoms with Gasteiger partial charge in [-0.3, -0.25) is 4.79 Å². The van der Waals surface area contributed by atoms with Crippen molar-refractivity contribution >= 4 is 40.7 Å². The van der Waals surface area contributed by atoms with Crippen LogP contribution in [0, 0.1) is 10.8 Å². The van der Waals surface area contributed by atoms with Crippen molar-refractivity contribution in [2.24, 2.45) is 0 Å². The number of hydrogen-bond acceptors (Lipinski definition) is 8. The van der Waals surface area contributed by atoms with E-state index >= 15 is 0 Å². The molecule has 0 bridgehead atoms. The summed E-state index contributed by atoms with van der Waals surface area (Å²) in [6, 6.07) is 0.240. The predicted molar refractivity (Wildman–Crippen MR) is 110 cm³/mol. The summed E-state index contributed by atoms with van der Waals surface area (Å²) in [6.07, 6.45) is 6.16. The highest BCUT2D eigenvalue weighted by Gasteiger charge is 2.53. The standard InChI is InChI=1S/C19H23N7OS/c1-3-11-5-6-19(4-2)18(27)24-13-8-22-16(25-17(13)26(11)19)12(7-20)15(21)14-9-28-10-23-14/h7-12,20-21H,3-6H2,1-2H3,(H,24,27). The molecule has 28 heavy (non-hydrogen) atoms.